The van der Waals surface area contributed by atoms with Crippen LogP contribution in [0.15, 0.2) is 54.6 Å². The van der Waals surface area contributed by atoms with Crippen LogP contribution in [0.1, 0.15) is 47.3 Å². The summed E-state index contributed by atoms with van der Waals surface area (Å²) in [5.74, 6) is -0.531. The van der Waals surface area contributed by atoms with Gasteiger partial charge in [-0.2, -0.15) is 13.2 Å². The maximum Gasteiger partial charge on any atom is 0.416 e. The lowest BCUT2D eigenvalue weighted by Gasteiger charge is -2.16. The van der Waals surface area contributed by atoms with Crippen molar-refractivity contribution in [1.82, 2.24) is 5.32 Å². The second kappa shape index (κ2) is 7.96. The molecule has 132 valence electrons. The Kier molecular flexibility index (Phi) is 5.96. The van der Waals surface area contributed by atoms with Crippen molar-refractivity contribution in [2.45, 2.75) is 32.0 Å². The van der Waals surface area contributed by atoms with Gasteiger partial charge in [-0.3, -0.25) is 9.59 Å². The molecule has 0 saturated heterocycles. The fraction of sp³-hybridized carbons (Fsp3) is 0.263. The lowest BCUT2D eigenvalue weighted by molar-refractivity contribution is -0.137. The van der Waals surface area contributed by atoms with Crippen LogP contribution in [0.25, 0.3) is 0 Å². The lowest BCUT2D eigenvalue weighted by Crippen LogP contribution is -2.27. The number of rotatable bonds is 6. The highest BCUT2D eigenvalue weighted by Crippen LogP contribution is 2.30. The first-order valence-corrected chi connectivity index (χ1v) is 7.82. The van der Waals surface area contributed by atoms with Crippen LogP contribution in [0, 0.1) is 0 Å². The van der Waals surface area contributed by atoms with Crippen LogP contribution in [0.2, 0.25) is 0 Å². The minimum absolute atomic E-state index is 0.0168. The molecule has 1 N–H and O–H groups in total. The fourth-order valence-corrected chi connectivity index (χ4v) is 2.38. The van der Waals surface area contributed by atoms with Gasteiger partial charge in [0.15, 0.2) is 5.78 Å². The molecule has 0 aliphatic rings. The van der Waals surface area contributed by atoms with Crippen LogP contribution in [-0.4, -0.2) is 11.7 Å². The Morgan fingerprint density at radius 2 is 1.68 bits per heavy atom. The van der Waals surface area contributed by atoms with E-state index in [1.807, 2.05) is 0 Å². The first kappa shape index (κ1) is 18.7. The molecule has 2 rings (SSSR count). The largest absolute Gasteiger partial charge is 0.416 e. The first-order chi connectivity index (χ1) is 11.8. The molecule has 1 atom stereocenters. The Morgan fingerprint density at radius 1 is 1.00 bits per heavy atom. The van der Waals surface area contributed by atoms with Crippen molar-refractivity contribution in [2.24, 2.45) is 0 Å². The summed E-state index contributed by atoms with van der Waals surface area (Å²) in [6.45, 7) is 1.60. The molecule has 1 amide bonds. The van der Waals surface area contributed by atoms with Gasteiger partial charge in [0, 0.05) is 18.4 Å². The molecule has 2 aromatic rings. The number of amides is 1. The number of hydrogen-bond acceptors (Lipinski definition) is 2. The van der Waals surface area contributed by atoms with Gasteiger partial charge in [-0.25, -0.2) is 0 Å². The highest BCUT2D eigenvalue weighted by molar-refractivity contribution is 5.97. The normalized spacial score (nSPS) is 12.5. The van der Waals surface area contributed by atoms with E-state index in [0.29, 0.717) is 11.1 Å². The zero-order chi connectivity index (χ0) is 18.4. The van der Waals surface area contributed by atoms with Crippen molar-refractivity contribution in [1.29, 1.82) is 0 Å². The highest BCUT2D eigenvalue weighted by atomic mass is 19.4. The SMILES string of the molecule is C[C@H](NC(=O)CCC(=O)c1ccccc1)c1cccc(C(F)(F)F)c1. The summed E-state index contributed by atoms with van der Waals surface area (Å²) in [6.07, 6.45) is -4.40. The minimum Gasteiger partial charge on any atom is -0.350 e. The molecular formula is C19H18F3NO2. The molecule has 25 heavy (non-hydrogen) atoms. The Hall–Kier alpha value is -2.63. The Morgan fingerprint density at radius 3 is 2.32 bits per heavy atom. The predicted octanol–water partition coefficient (Wildman–Crippen LogP) is 4.55. The second-order valence-electron chi connectivity index (χ2n) is 5.70. The van der Waals surface area contributed by atoms with Crippen LogP contribution in [0.5, 0.6) is 0 Å². The third-order valence-electron chi connectivity index (χ3n) is 3.77. The second-order valence-corrected chi connectivity index (χ2v) is 5.70. The summed E-state index contributed by atoms with van der Waals surface area (Å²) in [5, 5.41) is 2.62. The van der Waals surface area contributed by atoms with Gasteiger partial charge in [-0.1, -0.05) is 42.5 Å². The van der Waals surface area contributed by atoms with Gasteiger partial charge < -0.3 is 5.32 Å². The van der Waals surface area contributed by atoms with E-state index in [4.69, 9.17) is 0 Å². The predicted molar refractivity (Wildman–Crippen MR) is 88.0 cm³/mol. The molecule has 0 saturated carbocycles. The third-order valence-corrected chi connectivity index (χ3v) is 3.77. The number of ketones is 1. The quantitative estimate of drug-likeness (QED) is 0.778. The maximum atomic E-state index is 12.7. The lowest BCUT2D eigenvalue weighted by atomic mass is 10.0. The number of Topliss-reactive ketones (excluding diaryl/α,β-unsaturated/α-hetero) is 1. The molecule has 0 aliphatic heterocycles. The van der Waals surface area contributed by atoms with Crippen molar-refractivity contribution < 1.29 is 22.8 Å². The molecule has 0 aliphatic carbocycles. The fourth-order valence-electron chi connectivity index (χ4n) is 2.38. The summed E-state index contributed by atoms with van der Waals surface area (Å²) < 4.78 is 38.2. The third kappa shape index (κ3) is 5.45. The van der Waals surface area contributed by atoms with E-state index in [9.17, 15) is 22.8 Å². The number of nitrogens with one attached hydrogen (secondary N) is 1. The standard InChI is InChI=1S/C19H18F3NO2/c1-13(15-8-5-9-16(12-15)19(20,21)22)23-18(25)11-10-17(24)14-6-3-2-4-7-14/h2-9,12-13H,10-11H2,1H3,(H,23,25)/t13-/m0/s1. The molecule has 0 bridgehead atoms. The van der Waals surface area contributed by atoms with Gasteiger partial charge in [0.25, 0.3) is 0 Å². The van der Waals surface area contributed by atoms with E-state index in [2.05, 4.69) is 5.32 Å². The Labute approximate surface area is 143 Å². The molecule has 0 aromatic heterocycles. The number of hydrogen-bond donors (Lipinski definition) is 1. The highest BCUT2D eigenvalue weighted by Gasteiger charge is 2.30. The summed E-state index contributed by atoms with van der Waals surface area (Å²) in [7, 11) is 0. The average molecular weight is 349 g/mol. The van der Waals surface area contributed by atoms with Crippen LogP contribution >= 0.6 is 0 Å². The molecule has 0 radical (unpaired) electrons. The van der Waals surface area contributed by atoms with E-state index in [0.717, 1.165) is 12.1 Å². The number of carbonyl (C=O) groups excluding carboxylic acids is 2. The maximum absolute atomic E-state index is 12.7. The van der Waals surface area contributed by atoms with Gasteiger partial charge in [0.2, 0.25) is 5.91 Å². The van der Waals surface area contributed by atoms with E-state index >= 15 is 0 Å². The van der Waals surface area contributed by atoms with Crippen LogP contribution in [-0.2, 0) is 11.0 Å². The number of alkyl halides is 3. The molecule has 0 spiro atoms. The van der Waals surface area contributed by atoms with Crippen molar-refractivity contribution >= 4 is 11.7 Å². The van der Waals surface area contributed by atoms with Gasteiger partial charge in [-0.15, -0.1) is 0 Å². The van der Waals surface area contributed by atoms with Crippen molar-refractivity contribution in [2.75, 3.05) is 0 Å². The van der Waals surface area contributed by atoms with E-state index in [1.165, 1.54) is 12.1 Å². The molecule has 2 aromatic carbocycles. The van der Waals surface area contributed by atoms with Crippen LogP contribution in [0.3, 0.4) is 0 Å². The van der Waals surface area contributed by atoms with E-state index < -0.39 is 17.8 Å². The molecule has 3 nitrogen and oxygen atoms in total. The Bertz CT molecular complexity index is 742. The number of halogens is 3. The van der Waals surface area contributed by atoms with E-state index in [1.54, 1.807) is 37.3 Å². The zero-order valence-corrected chi connectivity index (χ0v) is 13.6. The molecule has 0 heterocycles. The van der Waals surface area contributed by atoms with Gasteiger partial charge in [0.05, 0.1) is 11.6 Å². The summed E-state index contributed by atoms with van der Waals surface area (Å²) >= 11 is 0. The zero-order valence-electron chi connectivity index (χ0n) is 13.6. The average Bonchev–Trinajstić information content (AvgIpc) is 2.59. The molecule has 0 unspecified atom stereocenters. The monoisotopic (exact) mass is 349 g/mol. The molecule has 0 fully saturated rings. The van der Waals surface area contributed by atoms with Gasteiger partial charge in [-0.05, 0) is 24.6 Å². The number of benzene rings is 2. The first-order valence-electron chi connectivity index (χ1n) is 7.82. The van der Waals surface area contributed by atoms with E-state index in [-0.39, 0.29) is 24.5 Å². The summed E-state index contributed by atoms with van der Waals surface area (Å²) in [4.78, 5) is 23.9. The van der Waals surface area contributed by atoms with Crippen molar-refractivity contribution in [3.63, 3.8) is 0 Å². The van der Waals surface area contributed by atoms with Crippen molar-refractivity contribution in [3.05, 3.63) is 71.3 Å². The molecule has 6 heteroatoms. The smallest absolute Gasteiger partial charge is 0.350 e. The van der Waals surface area contributed by atoms with Gasteiger partial charge >= 0.3 is 6.18 Å². The number of carbonyl (C=O) groups is 2. The van der Waals surface area contributed by atoms with Crippen LogP contribution < -0.4 is 5.32 Å². The summed E-state index contributed by atoms with van der Waals surface area (Å²) in [6, 6.07) is 12.9. The molecular weight excluding hydrogens is 331 g/mol. The van der Waals surface area contributed by atoms with Crippen molar-refractivity contribution in [3.8, 4) is 0 Å². The Balaban J connectivity index is 1.91. The minimum atomic E-state index is -4.43. The summed E-state index contributed by atoms with van der Waals surface area (Å²) in [5.41, 5.74) is 0.129. The van der Waals surface area contributed by atoms with Crippen LogP contribution in [0.4, 0.5) is 13.2 Å². The topological polar surface area (TPSA) is 46.2 Å². The van der Waals surface area contributed by atoms with Gasteiger partial charge in [0.1, 0.15) is 0 Å².